The van der Waals surface area contributed by atoms with Crippen molar-refractivity contribution in [3.63, 3.8) is 0 Å². The monoisotopic (exact) mass is 262 g/mol. The van der Waals surface area contributed by atoms with Gasteiger partial charge < -0.3 is 10.7 Å². The number of hydrogen-bond donors (Lipinski definition) is 3. The number of anilines is 1. The quantitative estimate of drug-likeness (QED) is 0.566. The summed E-state index contributed by atoms with van der Waals surface area (Å²) in [5.41, 5.74) is 2.64. The van der Waals surface area contributed by atoms with Gasteiger partial charge in [0.15, 0.2) is 0 Å². The Kier molecular flexibility index (Phi) is 4.49. The molecule has 0 fully saturated rings. The van der Waals surface area contributed by atoms with E-state index in [9.17, 15) is 18.0 Å². The largest absolute Gasteiger partial charge is 0.391 e. The number of nitrogens with zero attached hydrogens (tertiary/aromatic N) is 1. The molecule has 8 heteroatoms. The van der Waals surface area contributed by atoms with Crippen molar-refractivity contribution < 1.29 is 18.0 Å². The Labute approximate surface area is 102 Å². The van der Waals surface area contributed by atoms with Gasteiger partial charge in [0.1, 0.15) is 0 Å². The lowest BCUT2D eigenvalue weighted by atomic mass is 10.2. The number of rotatable bonds is 4. The molecule has 0 spiro atoms. The average Bonchev–Trinajstić information content (AvgIpc) is 2.26. The summed E-state index contributed by atoms with van der Waals surface area (Å²) < 4.78 is 36.3. The van der Waals surface area contributed by atoms with Crippen LogP contribution in [0, 0.1) is 0 Å². The Morgan fingerprint density at radius 2 is 2.22 bits per heavy atom. The van der Waals surface area contributed by atoms with E-state index in [0.717, 1.165) is 0 Å². The molecule has 0 aliphatic rings. The van der Waals surface area contributed by atoms with Crippen molar-refractivity contribution in [1.82, 2.24) is 10.3 Å². The van der Waals surface area contributed by atoms with Gasteiger partial charge in [0.25, 0.3) is 5.91 Å². The van der Waals surface area contributed by atoms with Crippen molar-refractivity contribution in [3.05, 3.63) is 24.0 Å². The van der Waals surface area contributed by atoms with E-state index in [1.54, 1.807) is 0 Å². The number of nitrogen functional groups attached to an aromatic ring is 1. The minimum Gasteiger partial charge on any atom is -0.349 e. The first-order valence-electron chi connectivity index (χ1n) is 5.11. The van der Waals surface area contributed by atoms with Gasteiger partial charge in [0.2, 0.25) is 0 Å². The Morgan fingerprint density at radius 1 is 1.56 bits per heavy atom. The summed E-state index contributed by atoms with van der Waals surface area (Å²) in [4.78, 5) is 15.5. The maximum atomic E-state index is 12.1. The fraction of sp³-hybridized carbons (Fsp3) is 0.400. The van der Waals surface area contributed by atoms with Crippen LogP contribution in [0.5, 0.6) is 0 Å². The topological polar surface area (TPSA) is 80.0 Å². The summed E-state index contributed by atoms with van der Waals surface area (Å²) in [5.74, 6) is 4.53. The van der Waals surface area contributed by atoms with Crippen LogP contribution in [-0.2, 0) is 0 Å². The van der Waals surface area contributed by atoms with Crippen molar-refractivity contribution in [1.29, 1.82) is 0 Å². The molecule has 5 nitrogen and oxygen atoms in total. The fourth-order valence-corrected chi connectivity index (χ4v) is 1.41. The van der Waals surface area contributed by atoms with Gasteiger partial charge in [-0.1, -0.05) is 0 Å². The number of halogens is 3. The standard InChI is InChI=1S/C10H13F3N4O/c1-6(4-10(11,12)13)16-9(18)7-2-3-15-5-8(7)17-14/h2-3,5-6,17H,4,14H2,1H3,(H,16,18). The number of alkyl halides is 3. The molecule has 1 atom stereocenters. The summed E-state index contributed by atoms with van der Waals surface area (Å²) in [7, 11) is 0. The Bertz CT molecular complexity index is 422. The number of aromatic nitrogens is 1. The third-order valence-electron chi connectivity index (χ3n) is 2.14. The second kappa shape index (κ2) is 5.67. The first kappa shape index (κ1) is 14.2. The molecule has 1 aromatic rings. The average molecular weight is 262 g/mol. The zero-order valence-corrected chi connectivity index (χ0v) is 9.58. The normalized spacial score (nSPS) is 12.9. The van der Waals surface area contributed by atoms with Crippen LogP contribution >= 0.6 is 0 Å². The molecule has 0 bridgehead atoms. The van der Waals surface area contributed by atoms with E-state index in [1.165, 1.54) is 25.4 Å². The molecule has 18 heavy (non-hydrogen) atoms. The summed E-state index contributed by atoms with van der Waals surface area (Å²) in [6.45, 7) is 1.28. The van der Waals surface area contributed by atoms with Crippen LogP contribution in [0.4, 0.5) is 18.9 Å². The number of hydrazine groups is 1. The van der Waals surface area contributed by atoms with Crippen LogP contribution < -0.4 is 16.6 Å². The van der Waals surface area contributed by atoms with Crippen molar-refractivity contribution in [3.8, 4) is 0 Å². The third-order valence-corrected chi connectivity index (χ3v) is 2.14. The maximum Gasteiger partial charge on any atom is 0.391 e. The highest BCUT2D eigenvalue weighted by atomic mass is 19.4. The van der Waals surface area contributed by atoms with Crippen LogP contribution in [0.25, 0.3) is 0 Å². The molecule has 0 aromatic carbocycles. The van der Waals surface area contributed by atoms with Crippen LogP contribution in [0.2, 0.25) is 0 Å². The third kappa shape index (κ3) is 4.21. The number of carbonyl (C=O) groups is 1. The molecule has 0 saturated heterocycles. The van der Waals surface area contributed by atoms with E-state index in [4.69, 9.17) is 5.84 Å². The predicted octanol–water partition coefficient (Wildman–Crippen LogP) is 1.44. The van der Waals surface area contributed by atoms with Gasteiger partial charge >= 0.3 is 6.18 Å². The fourth-order valence-electron chi connectivity index (χ4n) is 1.41. The lowest BCUT2D eigenvalue weighted by Gasteiger charge is -2.16. The van der Waals surface area contributed by atoms with Crippen LogP contribution in [0.15, 0.2) is 18.5 Å². The smallest absolute Gasteiger partial charge is 0.349 e. The van der Waals surface area contributed by atoms with Gasteiger partial charge in [-0.15, -0.1) is 0 Å². The first-order valence-corrected chi connectivity index (χ1v) is 5.11. The van der Waals surface area contributed by atoms with E-state index >= 15 is 0 Å². The second-order valence-corrected chi connectivity index (χ2v) is 3.76. The summed E-state index contributed by atoms with van der Waals surface area (Å²) in [6.07, 6.45) is -2.75. The van der Waals surface area contributed by atoms with E-state index in [1.807, 2.05) is 0 Å². The number of pyridine rings is 1. The van der Waals surface area contributed by atoms with E-state index < -0.39 is 24.5 Å². The van der Waals surface area contributed by atoms with E-state index in [2.05, 4.69) is 15.7 Å². The zero-order valence-electron chi connectivity index (χ0n) is 9.58. The highest BCUT2D eigenvalue weighted by Crippen LogP contribution is 2.21. The van der Waals surface area contributed by atoms with Crippen LogP contribution in [0.3, 0.4) is 0 Å². The predicted molar refractivity (Wildman–Crippen MR) is 59.6 cm³/mol. The highest BCUT2D eigenvalue weighted by molar-refractivity contribution is 5.99. The molecule has 0 aliphatic heterocycles. The molecule has 1 rings (SSSR count). The van der Waals surface area contributed by atoms with Gasteiger partial charge in [0.05, 0.1) is 23.9 Å². The molecular formula is C10H13F3N4O. The van der Waals surface area contributed by atoms with Gasteiger partial charge in [-0.25, -0.2) is 0 Å². The second-order valence-electron chi connectivity index (χ2n) is 3.76. The van der Waals surface area contributed by atoms with Gasteiger partial charge in [-0.2, -0.15) is 13.2 Å². The number of nitrogens with one attached hydrogen (secondary N) is 2. The van der Waals surface area contributed by atoms with E-state index in [0.29, 0.717) is 0 Å². The molecule has 0 aliphatic carbocycles. The lowest BCUT2D eigenvalue weighted by molar-refractivity contribution is -0.138. The molecule has 4 N–H and O–H groups in total. The van der Waals surface area contributed by atoms with Crippen molar-refractivity contribution in [2.45, 2.75) is 25.6 Å². The summed E-state index contributed by atoms with van der Waals surface area (Å²) in [6, 6.07) is 0.349. The van der Waals surface area contributed by atoms with Gasteiger partial charge in [-0.3, -0.25) is 15.6 Å². The highest BCUT2D eigenvalue weighted by Gasteiger charge is 2.30. The lowest BCUT2D eigenvalue weighted by Crippen LogP contribution is -2.36. The molecule has 1 aromatic heterocycles. The minimum absolute atomic E-state index is 0.140. The zero-order chi connectivity index (χ0) is 13.8. The number of nitrogens with two attached hydrogens (primary N) is 1. The number of carbonyl (C=O) groups excluding carboxylic acids is 1. The van der Waals surface area contributed by atoms with Crippen LogP contribution in [-0.4, -0.2) is 23.1 Å². The number of amides is 1. The van der Waals surface area contributed by atoms with Crippen molar-refractivity contribution in [2.24, 2.45) is 5.84 Å². The molecule has 0 saturated carbocycles. The molecule has 0 radical (unpaired) electrons. The molecular weight excluding hydrogens is 249 g/mol. The van der Waals surface area contributed by atoms with Crippen LogP contribution in [0.1, 0.15) is 23.7 Å². The Balaban J connectivity index is 2.71. The maximum absolute atomic E-state index is 12.1. The summed E-state index contributed by atoms with van der Waals surface area (Å²) in [5, 5.41) is 2.25. The minimum atomic E-state index is -4.32. The van der Waals surface area contributed by atoms with Crippen molar-refractivity contribution >= 4 is 11.6 Å². The molecule has 1 amide bonds. The van der Waals surface area contributed by atoms with Gasteiger partial charge in [0, 0.05) is 12.2 Å². The molecule has 1 heterocycles. The summed E-state index contributed by atoms with van der Waals surface area (Å²) >= 11 is 0. The first-order chi connectivity index (χ1) is 8.33. The number of hydrogen-bond acceptors (Lipinski definition) is 4. The van der Waals surface area contributed by atoms with E-state index in [-0.39, 0.29) is 11.3 Å². The Morgan fingerprint density at radius 3 is 2.78 bits per heavy atom. The Hall–Kier alpha value is -1.83. The SMILES string of the molecule is CC(CC(F)(F)F)NC(=O)c1ccncc1NN. The van der Waals surface area contributed by atoms with Crippen molar-refractivity contribution in [2.75, 3.05) is 5.43 Å². The van der Waals surface area contributed by atoms with Gasteiger partial charge in [-0.05, 0) is 13.0 Å². The molecule has 1 unspecified atom stereocenters. The molecule has 100 valence electrons.